The van der Waals surface area contributed by atoms with Gasteiger partial charge in [0.15, 0.2) is 0 Å². The van der Waals surface area contributed by atoms with Crippen LogP contribution in [0.3, 0.4) is 0 Å². The highest BCUT2D eigenvalue weighted by molar-refractivity contribution is 4.83. The summed E-state index contributed by atoms with van der Waals surface area (Å²) in [7, 11) is 0. The quantitative estimate of drug-likeness (QED) is 0.749. The maximum absolute atomic E-state index is 3.46. The van der Waals surface area contributed by atoms with Crippen molar-refractivity contribution in [1.82, 2.24) is 10.2 Å². The number of hydrogen-bond acceptors (Lipinski definition) is 2. The third kappa shape index (κ3) is 4.42. The van der Waals surface area contributed by atoms with Gasteiger partial charge in [-0.05, 0) is 43.8 Å². The number of rotatable bonds is 6. The Morgan fingerprint density at radius 1 is 1.25 bits per heavy atom. The van der Waals surface area contributed by atoms with E-state index in [4.69, 9.17) is 0 Å². The van der Waals surface area contributed by atoms with E-state index in [0.29, 0.717) is 5.41 Å². The zero-order valence-corrected chi connectivity index (χ0v) is 11.7. The normalized spacial score (nSPS) is 22.3. The van der Waals surface area contributed by atoms with E-state index in [2.05, 4.69) is 37.9 Å². The molecule has 1 heterocycles. The first-order valence-corrected chi connectivity index (χ1v) is 7.02. The molecule has 1 aliphatic heterocycles. The van der Waals surface area contributed by atoms with Crippen molar-refractivity contribution in [3.63, 3.8) is 0 Å². The van der Waals surface area contributed by atoms with E-state index in [1.54, 1.807) is 0 Å². The average molecular weight is 226 g/mol. The Kier molecular flexibility index (Phi) is 5.77. The minimum Gasteiger partial charge on any atom is -0.317 e. The summed E-state index contributed by atoms with van der Waals surface area (Å²) in [4.78, 5) is 2.65. The van der Waals surface area contributed by atoms with Crippen molar-refractivity contribution in [2.24, 2.45) is 11.3 Å². The van der Waals surface area contributed by atoms with E-state index in [1.165, 1.54) is 52.0 Å². The molecule has 0 amide bonds. The largest absolute Gasteiger partial charge is 0.317 e. The van der Waals surface area contributed by atoms with Crippen LogP contribution in [-0.4, -0.2) is 37.6 Å². The molecule has 16 heavy (non-hydrogen) atoms. The van der Waals surface area contributed by atoms with Crippen LogP contribution in [0.1, 0.15) is 47.0 Å². The maximum Gasteiger partial charge on any atom is 0.00363 e. The van der Waals surface area contributed by atoms with Gasteiger partial charge in [-0.2, -0.15) is 0 Å². The number of nitrogens with one attached hydrogen (secondary N) is 1. The van der Waals surface area contributed by atoms with Gasteiger partial charge in [0.1, 0.15) is 0 Å². The lowest BCUT2D eigenvalue weighted by molar-refractivity contribution is 0.120. The Hall–Kier alpha value is -0.0800. The highest BCUT2D eigenvalue weighted by Gasteiger charge is 2.28. The lowest BCUT2D eigenvalue weighted by Crippen LogP contribution is -2.44. The van der Waals surface area contributed by atoms with Gasteiger partial charge < -0.3 is 10.2 Å². The van der Waals surface area contributed by atoms with E-state index in [0.717, 1.165) is 5.92 Å². The summed E-state index contributed by atoms with van der Waals surface area (Å²) >= 11 is 0. The van der Waals surface area contributed by atoms with Crippen LogP contribution in [0.4, 0.5) is 0 Å². The van der Waals surface area contributed by atoms with Crippen LogP contribution in [0.5, 0.6) is 0 Å². The molecule has 96 valence electrons. The first-order chi connectivity index (χ1) is 7.59. The van der Waals surface area contributed by atoms with Gasteiger partial charge in [0.05, 0.1) is 0 Å². The lowest BCUT2D eigenvalue weighted by Gasteiger charge is -2.39. The van der Waals surface area contributed by atoms with Crippen LogP contribution in [0, 0.1) is 11.3 Å². The van der Waals surface area contributed by atoms with Gasteiger partial charge in [-0.3, -0.25) is 0 Å². The van der Waals surface area contributed by atoms with E-state index >= 15 is 0 Å². The molecule has 1 unspecified atom stereocenters. The van der Waals surface area contributed by atoms with Crippen molar-refractivity contribution in [2.75, 3.05) is 32.7 Å². The fourth-order valence-electron chi connectivity index (χ4n) is 2.60. The van der Waals surface area contributed by atoms with Crippen molar-refractivity contribution in [1.29, 1.82) is 0 Å². The van der Waals surface area contributed by atoms with E-state index in [9.17, 15) is 0 Å². The second kappa shape index (κ2) is 6.61. The molecule has 0 aromatic carbocycles. The Balaban J connectivity index is 2.41. The molecule has 0 saturated carbocycles. The summed E-state index contributed by atoms with van der Waals surface area (Å²) in [6, 6.07) is 0. The monoisotopic (exact) mass is 226 g/mol. The van der Waals surface area contributed by atoms with Gasteiger partial charge in [-0.15, -0.1) is 0 Å². The predicted octanol–water partition coefficient (Wildman–Crippen LogP) is 2.74. The standard InChI is InChI=1S/C14H30N2/c1-5-13(3)11-16(6-2)12-14(4)7-9-15-10-8-14/h13,15H,5-12H2,1-4H3. The van der Waals surface area contributed by atoms with Gasteiger partial charge in [-0.25, -0.2) is 0 Å². The van der Waals surface area contributed by atoms with Crippen molar-refractivity contribution in [3.8, 4) is 0 Å². The SMILES string of the molecule is CCC(C)CN(CC)CC1(C)CCNCC1. The number of nitrogens with zero attached hydrogens (tertiary/aromatic N) is 1. The van der Waals surface area contributed by atoms with Crippen LogP contribution < -0.4 is 5.32 Å². The molecule has 2 heteroatoms. The summed E-state index contributed by atoms with van der Waals surface area (Å²) in [5.74, 6) is 0.838. The van der Waals surface area contributed by atoms with Gasteiger partial charge in [0.25, 0.3) is 0 Å². The van der Waals surface area contributed by atoms with Crippen LogP contribution in [0.25, 0.3) is 0 Å². The topological polar surface area (TPSA) is 15.3 Å². The minimum absolute atomic E-state index is 0.550. The Labute approximate surface area is 102 Å². The molecule has 0 aliphatic carbocycles. The summed E-state index contributed by atoms with van der Waals surface area (Å²) in [5.41, 5.74) is 0.550. The second-order valence-electron chi connectivity index (χ2n) is 5.90. The van der Waals surface area contributed by atoms with Crippen LogP contribution in [-0.2, 0) is 0 Å². The molecule has 1 aliphatic rings. The zero-order valence-electron chi connectivity index (χ0n) is 11.7. The first-order valence-electron chi connectivity index (χ1n) is 7.02. The molecule has 1 fully saturated rings. The molecule has 1 atom stereocenters. The third-order valence-corrected chi connectivity index (χ3v) is 4.13. The van der Waals surface area contributed by atoms with E-state index in [-0.39, 0.29) is 0 Å². The van der Waals surface area contributed by atoms with Crippen LogP contribution in [0.15, 0.2) is 0 Å². The van der Waals surface area contributed by atoms with Crippen LogP contribution in [0.2, 0.25) is 0 Å². The molecular weight excluding hydrogens is 196 g/mol. The molecule has 1 N–H and O–H groups in total. The molecule has 0 aromatic rings. The zero-order chi connectivity index (χ0) is 12.0. The Bertz CT molecular complexity index is 185. The summed E-state index contributed by atoms with van der Waals surface area (Å²) in [6.45, 7) is 15.6. The molecule has 2 nitrogen and oxygen atoms in total. The molecule has 0 bridgehead atoms. The molecule has 0 radical (unpaired) electrons. The Morgan fingerprint density at radius 3 is 2.38 bits per heavy atom. The van der Waals surface area contributed by atoms with Gasteiger partial charge in [0, 0.05) is 13.1 Å². The van der Waals surface area contributed by atoms with Crippen molar-refractivity contribution >= 4 is 0 Å². The highest BCUT2D eigenvalue weighted by atomic mass is 15.1. The van der Waals surface area contributed by atoms with E-state index in [1.807, 2.05) is 0 Å². The van der Waals surface area contributed by atoms with E-state index < -0.39 is 0 Å². The Morgan fingerprint density at radius 2 is 1.88 bits per heavy atom. The molecule has 0 spiro atoms. The summed E-state index contributed by atoms with van der Waals surface area (Å²) < 4.78 is 0. The van der Waals surface area contributed by atoms with Crippen LogP contribution >= 0.6 is 0 Å². The fourth-order valence-corrected chi connectivity index (χ4v) is 2.60. The fraction of sp³-hybridized carbons (Fsp3) is 1.00. The van der Waals surface area contributed by atoms with Crippen molar-refractivity contribution < 1.29 is 0 Å². The first kappa shape index (κ1) is 14.0. The molecule has 1 rings (SSSR count). The smallest absolute Gasteiger partial charge is 0.00363 e. The predicted molar refractivity (Wildman–Crippen MR) is 71.8 cm³/mol. The number of piperidine rings is 1. The lowest BCUT2D eigenvalue weighted by atomic mass is 9.80. The minimum atomic E-state index is 0.550. The summed E-state index contributed by atoms with van der Waals surface area (Å²) in [5, 5.41) is 3.46. The molecule has 0 aromatic heterocycles. The third-order valence-electron chi connectivity index (χ3n) is 4.13. The second-order valence-corrected chi connectivity index (χ2v) is 5.90. The number of hydrogen-bond donors (Lipinski definition) is 1. The highest BCUT2D eigenvalue weighted by Crippen LogP contribution is 2.29. The average Bonchev–Trinajstić information content (AvgIpc) is 2.28. The van der Waals surface area contributed by atoms with Gasteiger partial charge in [-0.1, -0.05) is 34.1 Å². The molecular formula is C14H30N2. The van der Waals surface area contributed by atoms with Crippen molar-refractivity contribution in [2.45, 2.75) is 47.0 Å². The van der Waals surface area contributed by atoms with Gasteiger partial charge >= 0.3 is 0 Å². The van der Waals surface area contributed by atoms with Crippen molar-refractivity contribution in [3.05, 3.63) is 0 Å². The summed E-state index contributed by atoms with van der Waals surface area (Å²) in [6.07, 6.45) is 3.97. The molecule has 1 saturated heterocycles. The van der Waals surface area contributed by atoms with Gasteiger partial charge in [0.2, 0.25) is 0 Å². The maximum atomic E-state index is 3.46.